The summed E-state index contributed by atoms with van der Waals surface area (Å²) in [7, 11) is 0. The monoisotopic (exact) mass is 554 g/mol. The summed E-state index contributed by atoms with van der Waals surface area (Å²) in [6.45, 7) is 2.57. The molecule has 5 nitrogen and oxygen atoms in total. The number of ether oxygens (including phenoxy) is 5. The Kier molecular flexibility index (Phi) is 7.91. The van der Waals surface area contributed by atoms with Crippen LogP contribution in [0.1, 0.15) is 43.7 Å². The number of halogens is 8. The SMILES string of the molecule is CCCCCC12COC(c3cc(F)c(C(F)(F)Oc4cc(F)c(OC=C(F)F)c(F)c4)c(F)c3)(OC1)OC2. The van der Waals surface area contributed by atoms with Crippen molar-refractivity contribution in [2.45, 2.75) is 44.7 Å². The molecule has 2 aromatic carbocycles. The lowest BCUT2D eigenvalue weighted by molar-refractivity contribution is -0.480. The zero-order valence-corrected chi connectivity index (χ0v) is 19.9. The molecule has 13 heteroatoms. The molecule has 0 aromatic heterocycles. The van der Waals surface area contributed by atoms with Crippen LogP contribution < -0.4 is 9.47 Å². The Bertz CT molecular complexity index is 1140. The predicted molar refractivity (Wildman–Crippen MR) is 114 cm³/mol. The number of unbranched alkanes of at least 4 members (excludes halogenated alkanes) is 2. The maximum atomic E-state index is 14.9. The van der Waals surface area contributed by atoms with Gasteiger partial charge in [0, 0.05) is 23.1 Å². The Morgan fingerprint density at radius 1 is 0.895 bits per heavy atom. The Balaban J connectivity index is 1.54. The lowest BCUT2D eigenvalue weighted by atomic mass is 9.82. The standard InChI is InChI=1S/C25H22F8O5/c1-2-3-4-5-23-11-35-25(36-12-23,37-13-23)14-6-16(26)21(17(27)7-14)24(32,33)38-15-8-18(28)22(19(29)9-15)34-10-20(30)31/h6-10H,2-5,11-13H2,1H3. The Hall–Kier alpha value is -2.90. The second-order valence-electron chi connectivity index (χ2n) is 9.05. The molecule has 0 amide bonds. The van der Waals surface area contributed by atoms with Crippen molar-refractivity contribution >= 4 is 0 Å². The molecule has 0 unspecified atom stereocenters. The Labute approximate surface area is 211 Å². The van der Waals surface area contributed by atoms with Gasteiger partial charge in [0.05, 0.1) is 19.8 Å². The third kappa shape index (κ3) is 5.59. The minimum Gasteiger partial charge on any atom is -0.453 e. The number of rotatable bonds is 10. The average Bonchev–Trinajstić information content (AvgIpc) is 2.83. The minimum absolute atomic E-state index is 0.172. The van der Waals surface area contributed by atoms with E-state index in [4.69, 9.17) is 14.2 Å². The molecular formula is C25H22F8O5. The van der Waals surface area contributed by atoms with E-state index in [-0.39, 0.29) is 43.8 Å². The van der Waals surface area contributed by atoms with E-state index in [1.54, 1.807) is 0 Å². The van der Waals surface area contributed by atoms with Gasteiger partial charge in [0.15, 0.2) is 23.6 Å². The fourth-order valence-corrected chi connectivity index (χ4v) is 4.25. The summed E-state index contributed by atoms with van der Waals surface area (Å²) in [5, 5.41) is 0. The molecule has 3 aliphatic heterocycles. The van der Waals surface area contributed by atoms with Gasteiger partial charge in [-0.2, -0.15) is 17.6 Å². The van der Waals surface area contributed by atoms with Gasteiger partial charge in [-0.05, 0) is 18.6 Å². The molecule has 2 aromatic rings. The molecule has 0 saturated carbocycles. The van der Waals surface area contributed by atoms with E-state index >= 15 is 0 Å². The van der Waals surface area contributed by atoms with Crippen LogP contribution in [0.4, 0.5) is 35.1 Å². The van der Waals surface area contributed by atoms with E-state index in [1.807, 2.05) is 0 Å². The molecule has 0 N–H and O–H groups in total. The molecule has 0 radical (unpaired) electrons. The fraction of sp³-hybridized carbons (Fsp3) is 0.440. The normalized spacial score (nSPS) is 22.9. The summed E-state index contributed by atoms with van der Waals surface area (Å²) in [6, 6.07) is 1.40. The van der Waals surface area contributed by atoms with E-state index in [0.717, 1.165) is 25.7 Å². The maximum absolute atomic E-state index is 14.9. The molecule has 3 fully saturated rings. The Morgan fingerprint density at radius 3 is 1.95 bits per heavy atom. The second-order valence-corrected chi connectivity index (χ2v) is 9.05. The van der Waals surface area contributed by atoms with Crippen molar-refractivity contribution in [3.8, 4) is 11.5 Å². The van der Waals surface area contributed by atoms with E-state index in [0.29, 0.717) is 12.1 Å². The number of hydrogen-bond donors (Lipinski definition) is 0. The zero-order valence-electron chi connectivity index (χ0n) is 19.9. The lowest BCUT2D eigenvalue weighted by Gasteiger charge is -2.52. The van der Waals surface area contributed by atoms with E-state index in [1.165, 1.54) is 0 Å². The van der Waals surface area contributed by atoms with Crippen molar-refractivity contribution in [1.82, 2.24) is 0 Å². The molecule has 0 spiro atoms. The van der Waals surface area contributed by atoms with Crippen molar-refractivity contribution in [2.24, 2.45) is 5.41 Å². The first kappa shape index (κ1) is 28.1. The molecule has 0 atom stereocenters. The summed E-state index contributed by atoms with van der Waals surface area (Å²) in [4.78, 5) is 0. The molecule has 38 heavy (non-hydrogen) atoms. The van der Waals surface area contributed by atoms with Gasteiger partial charge < -0.3 is 23.7 Å². The van der Waals surface area contributed by atoms with Crippen molar-refractivity contribution < 1.29 is 58.8 Å². The summed E-state index contributed by atoms with van der Waals surface area (Å²) < 4.78 is 137. The van der Waals surface area contributed by atoms with Crippen LogP contribution in [0.25, 0.3) is 0 Å². The van der Waals surface area contributed by atoms with Crippen LogP contribution in [0.3, 0.4) is 0 Å². The topological polar surface area (TPSA) is 46.2 Å². The molecule has 3 aliphatic rings. The van der Waals surface area contributed by atoms with Gasteiger partial charge in [-0.15, -0.1) is 0 Å². The second kappa shape index (κ2) is 10.7. The van der Waals surface area contributed by atoms with Gasteiger partial charge in [-0.25, -0.2) is 17.6 Å². The van der Waals surface area contributed by atoms with Crippen LogP contribution >= 0.6 is 0 Å². The highest BCUT2D eigenvalue weighted by molar-refractivity contribution is 5.37. The van der Waals surface area contributed by atoms with Crippen LogP contribution in [-0.4, -0.2) is 19.8 Å². The van der Waals surface area contributed by atoms with Gasteiger partial charge in [-0.1, -0.05) is 26.2 Å². The van der Waals surface area contributed by atoms with Crippen molar-refractivity contribution in [3.05, 3.63) is 71.0 Å². The van der Waals surface area contributed by atoms with Crippen molar-refractivity contribution in [1.29, 1.82) is 0 Å². The highest BCUT2D eigenvalue weighted by Gasteiger charge is 2.54. The molecular weight excluding hydrogens is 532 g/mol. The van der Waals surface area contributed by atoms with Crippen LogP contribution in [0, 0.1) is 28.7 Å². The highest BCUT2D eigenvalue weighted by Crippen LogP contribution is 2.47. The molecule has 208 valence electrons. The smallest absolute Gasteiger partial charge is 0.432 e. The number of hydrogen-bond acceptors (Lipinski definition) is 5. The molecule has 3 saturated heterocycles. The average molecular weight is 554 g/mol. The number of fused-ring (bicyclic) bond motifs is 3. The first-order valence-corrected chi connectivity index (χ1v) is 11.6. The van der Waals surface area contributed by atoms with Gasteiger partial charge in [0.25, 0.3) is 0 Å². The summed E-state index contributed by atoms with van der Waals surface area (Å²) in [6.07, 6.45) is -3.79. The molecule has 5 rings (SSSR count). The van der Waals surface area contributed by atoms with Gasteiger partial charge in [-0.3, -0.25) is 0 Å². The molecule has 2 bridgehead atoms. The van der Waals surface area contributed by atoms with Gasteiger partial charge >= 0.3 is 18.2 Å². The quantitative estimate of drug-likeness (QED) is 0.176. The van der Waals surface area contributed by atoms with Gasteiger partial charge in [0.1, 0.15) is 22.9 Å². The molecule has 3 heterocycles. The summed E-state index contributed by atoms with van der Waals surface area (Å²) in [5.41, 5.74) is -2.63. The highest BCUT2D eigenvalue weighted by atomic mass is 19.3. The fourth-order valence-electron chi connectivity index (χ4n) is 4.25. The van der Waals surface area contributed by atoms with E-state index in [2.05, 4.69) is 16.4 Å². The number of benzene rings is 2. The summed E-state index contributed by atoms with van der Waals surface area (Å²) >= 11 is 0. The minimum atomic E-state index is -4.76. The van der Waals surface area contributed by atoms with Crippen LogP contribution in [0.2, 0.25) is 0 Å². The molecule has 0 aliphatic carbocycles. The van der Waals surface area contributed by atoms with E-state index in [9.17, 15) is 35.1 Å². The lowest BCUT2D eigenvalue weighted by Crippen LogP contribution is -2.58. The maximum Gasteiger partial charge on any atom is 0.432 e. The third-order valence-corrected chi connectivity index (χ3v) is 6.19. The van der Waals surface area contributed by atoms with E-state index < -0.39 is 63.9 Å². The summed E-state index contributed by atoms with van der Waals surface area (Å²) in [5.74, 6) is -11.4. The van der Waals surface area contributed by atoms with Crippen molar-refractivity contribution in [3.63, 3.8) is 0 Å². The van der Waals surface area contributed by atoms with Crippen LogP contribution in [0.15, 0.2) is 36.6 Å². The van der Waals surface area contributed by atoms with Crippen LogP contribution in [-0.2, 0) is 26.3 Å². The van der Waals surface area contributed by atoms with Crippen LogP contribution in [0.5, 0.6) is 11.5 Å². The van der Waals surface area contributed by atoms with Crippen molar-refractivity contribution in [2.75, 3.05) is 19.8 Å². The first-order chi connectivity index (χ1) is 17.9. The Morgan fingerprint density at radius 2 is 1.45 bits per heavy atom. The first-order valence-electron chi connectivity index (χ1n) is 11.6. The number of alkyl halides is 2. The largest absolute Gasteiger partial charge is 0.453 e. The third-order valence-electron chi connectivity index (χ3n) is 6.19. The predicted octanol–water partition coefficient (Wildman–Crippen LogP) is 7.24. The zero-order chi connectivity index (χ0) is 27.7. The van der Waals surface area contributed by atoms with Gasteiger partial charge in [0.2, 0.25) is 0 Å².